The van der Waals surface area contributed by atoms with Gasteiger partial charge in [-0.25, -0.2) is 0 Å². The van der Waals surface area contributed by atoms with E-state index in [0.717, 1.165) is 34.6 Å². The minimum atomic E-state index is -4.40. The molecule has 0 amide bonds. The molecule has 4 nitrogen and oxygen atoms in total. The normalized spacial score (nSPS) is 20.3. The van der Waals surface area contributed by atoms with Crippen LogP contribution in [0.5, 0.6) is 5.75 Å². The van der Waals surface area contributed by atoms with Gasteiger partial charge in [0.2, 0.25) is 0 Å². The topological polar surface area (TPSA) is 45.6 Å². The molecular weight excluding hydrogens is 424 g/mol. The number of nitrogens with zero attached hydrogens (tertiary/aromatic N) is 2. The van der Waals surface area contributed by atoms with Crippen LogP contribution in [0.15, 0.2) is 60.2 Å². The summed E-state index contributed by atoms with van der Waals surface area (Å²) in [5.41, 5.74) is 2.19. The van der Waals surface area contributed by atoms with Crippen LogP contribution in [0.2, 0.25) is 0 Å². The van der Waals surface area contributed by atoms with E-state index in [-0.39, 0.29) is 18.9 Å². The molecule has 1 aliphatic rings. The van der Waals surface area contributed by atoms with Gasteiger partial charge in [-0.2, -0.15) is 13.2 Å². The molecule has 0 aliphatic carbocycles. The largest absolute Gasteiger partial charge is 0.491 e. The van der Waals surface area contributed by atoms with Gasteiger partial charge in [0.05, 0.1) is 11.1 Å². The summed E-state index contributed by atoms with van der Waals surface area (Å²) in [6.45, 7) is 0.814. The molecule has 0 saturated carbocycles. The number of ether oxygens (including phenoxy) is 1. The number of hydrogen-bond donors (Lipinski definition) is 1. The lowest BCUT2D eigenvalue weighted by atomic mass is 9.66. The van der Waals surface area contributed by atoms with Gasteiger partial charge in [0.15, 0.2) is 0 Å². The lowest BCUT2D eigenvalue weighted by Crippen LogP contribution is -2.54. The molecule has 9 heteroatoms. The Morgan fingerprint density at radius 3 is 2.61 bits per heavy atom. The third-order valence-corrected chi connectivity index (χ3v) is 6.34. The number of rotatable bonds is 6. The molecule has 0 fully saturated rings. The van der Waals surface area contributed by atoms with Crippen LogP contribution < -0.4 is 4.74 Å². The Balaban J connectivity index is 1.47. The summed E-state index contributed by atoms with van der Waals surface area (Å²) < 4.78 is 43.6. The highest BCUT2D eigenvalue weighted by Crippen LogP contribution is 2.40. The highest BCUT2D eigenvalue weighted by Gasteiger charge is 2.41. The number of aliphatic hydroxyl groups excluding tert-OH is 1. The predicted molar refractivity (Wildman–Crippen MR) is 113 cm³/mol. The van der Waals surface area contributed by atoms with Gasteiger partial charge in [0.25, 0.3) is 0 Å². The molecule has 0 spiro atoms. The molecule has 4 rings (SSSR count). The van der Waals surface area contributed by atoms with Crippen molar-refractivity contribution in [3.63, 3.8) is 0 Å². The molecule has 2 heterocycles. The van der Waals surface area contributed by atoms with Crippen molar-refractivity contribution in [2.75, 3.05) is 19.7 Å². The van der Waals surface area contributed by atoms with Crippen LogP contribution in [0.1, 0.15) is 21.6 Å². The van der Waals surface area contributed by atoms with Gasteiger partial charge < -0.3 is 9.84 Å². The molecule has 160 valence electrons. The van der Waals surface area contributed by atoms with Gasteiger partial charge in [-0.1, -0.05) is 24.3 Å². The van der Waals surface area contributed by atoms with Crippen molar-refractivity contribution in [2.24, 2.45) is 0 Å². The number of β-amino-alcohol motifs (C(OH)–C–C–N with tert-alkyl or cyclic N) is 1. The second-order valence-corrected chi connectivity index (χ2v) is 8.36. The quantitative estimate of drug-likeness (QED) is 0.588. The summed E-state index contributed by atoms with van der Waals surface area (Å²) in [6.07, 6.45) is -2.75. The summed E-state index contributed by atoms with van der Waals surface area (Å²) in [7, 11) is 6.93. The van der Waals surface area contributed by atoms with E-state index in [1.807, 2.05) is 23.1 Å². The Labute approximate surface area is 183 Å². The first kappa shape index (κ1) is 21.9. The van der Waals surface area contributed by atoms with Crippen molar-refractivity contribution >= 4 is 19.2 Å². The summed E-state index contributed by atoms with van der Waals surface area (Å²) in [5.74, 6) is 0.262. The first-order valence-electron chi connectivity index (χ1n) is 9.78. The molecule has 2 atom stereocenters. The van der Waals surface area contributed by atoms with Gasteiger partial charge in [0, 0.05) is 29.6 Å². The highest BCUT2D eigenvalue weighted by molar-refractivity contribution is 7.10. The van der Waals surface area contributed by atoms with Crippen LogP contribution in [-0.4, -0.2) is 48.6 Å². The first-order chi connectivity index (χ1) is 14.8. The summed E-state index contributed by atoms with van der Waals surface area (Å²) in [6, 6.07) is 12.4. The molecule has 2 aromatic carbocycles. The Kier molecular flexibility index (Phi) is 6.10. The third kappa shape index (κ3) is 4.49. The molecule has 1 N–H and O–H groups in total. The molecule has 2 unspecified atom stereocenters. The zero-order valence-electron chi connectivity index (χ0n) is 16.5. The Hall–Kier alpha value is -2.36. The second kappa shape index (κ2) is 8.65. The van der Waals surface area contributed by atoms with Gasteiger partial charge in [-0.3, -0.25) is 9.88 Å². The van der Waals surface area contributed by atoms with Gasteiger partial charge >= 0.3 is 6.18 Å². The second-order valence-electron chi connectivity index (χ2n) is 7.47. The van der Waals surface area contributed by atoms with Crippen molar-refractivity contribution in [1.29, 1.82) is 0 Å². The van der Waals surface area contributed by atoms with Crippen LogP contribution >= 0.6 is 11.3 Å². The lowest BCUT2D eigenvalue weighted by molar-refractivity contribution is -0.137. The zero-order chi connectivity index (χ0) is 22.1. The van der Waals surface area contributed by atoms with E-state index in [1.165, 1.54) is 23.5 Å². The smallest absolute Gasteiger partial charge is 0.416 e. The predicted octanol–water partition coefficient (Wildman–Crippen LogP) is 3.83. The highest BCUT2D eigenvalue weighted by atomic mass is 32.1. The maximum atomic E-state index is 12.7. The Morgan fingerprint density at radius 1 is 1.19 bits per heavy atom. The van der Waals surface area contributed by atoms with Gasteiger partial charge in [0.1, 0.15) is 26.3 Å². The zero-order valence-corrected chi connectivity index (χ0v) is 17.4. The minimum absolute atomic E-state index is 0.0672. The van der Waals surface area contributed by atoms with E-state index in [0.29, 0.717) is 6.54 Å². The molecule has 2 radical (unpaired) electrons. The molecular formula is C22H20BF3N2O2S. The third-order valence-electron chi connectivity index (χ3n) is 5.44. The number of aromatic nitrogens is 1. The average Bonchev–Trinajstić information content (AvgIpc) is 3.30. The van der Waals surface area contributed by atoms with Crippen molar-refractivity contribution in [2.45, 2.75) is 24.1 Å². The number of aliphatic hydroxyl groups is 1. The van der Waals surface area contributed by atoms with E-state index in [1.54, 1.807) is 11.7 Å². The van der Waals surface area contributed by atoms with E-state index >= 15 is 0 Å². The Bertz CT molecular complexity index is 1010. The summed E-state index contributed by atoms with van der Waals surface area (Å²) in [4.78, 5) is 7.05. The number of thiazole rings is 1. The fourth-order valence-corrected chi connectivity index (χ4v) is 4.66. The minimum Gasteiger partial charge on any atom is -0.491 e. The molecule has 0 saturated heterocycles. The number of hydrogen-bond acceptors (Lipinski definition) is 5. The number of benzene rings is 2. The summed E-state index contributed by atoms with van der Waals surface area (Å²) >= 11 is 1.45. The van der Waals surface area contributed by atoms with E-state index in [2.05, 4.69) is 11.1 Å². The maximum absolute atomic E-state index is 12.7. The Morgan fingerprint density at radius 2 is 1.94 bits per heavy atom. The fraction of sp³-hybridized carbons (Fsp3) is 0.318. The number of fused-ring (bicyclic) bond motifs is 1. The van der Waals surface area contributed by atoms with Crippen molar-refractivity contribution in [1.82, 2.24) is 9.88 Å². The average molecular weight is 444 g/mol. The monoisotopic (exact) mass is 444 g/mol. The van der Waals surface area contributed by atoms with E-state index < -0.39 is 23.3 Å². The summed E-state index contributed by atoms with van der Waals surface area (Å²) in [5, 5.41) is 10.6. The van der Waals surface area contributed by atoms with E-state index in [9.17, 15) is 18.3 Å². The fourth-order valence-electron chi connectivity index (χ4n) is 3.88. The molecule has 0 bridgehead atoms. The lowest BCUT2D eigenvalue weighted by Gasteiger charge is -2.47. The van der Waals surface area contributed by atoms with Crippen LogP contribution in [0.25, 0.3) is 0 Å². The molecule has 31 heavy (non-hydrogen) atoms. The van der Waals surface area contributed by atoms with Crippen LogP contribution in [-0.2, 0) is 18.0 Å². The molecule has 1 aliphatic heterocycles. The standard InChI is InChI=1S/C22H20BF3N2O2S/c23-21(20-11-27-14-31-20)19-4-2-1-3-15(19)9-10-28(21)12-17(29)13-30-18-7-5-16(6-8-18)22(24,25)26/h1-8,11,14,17,29H,9-10,12-13H2. The maximum Gasteiger partial charge on any atom is 0.416 e. The SMILES string of the molecule is [B]C1(c2cncs2)c2ccccc2CCN1CC(O)COc1ccc(C(F)(F)F)cc1. The van der Waals surface area contributed by atoms with Gasteiger partial charge in [-0.05, 0) is 41.8 Å². The number of halogens is 3. The first-order valence-corrected chi connectivity index (χ1v) is 10.7. The molecule has 3 aromatic rings. The van der Waals surface area contributed by atoms with Gasteiger partial charge in [-0.15, -0.1) is 11.3 Å². The van der Waals surface area contributed by atoms with Crippen molar-refractivity contribution in [3.05, 3.63) is 81.8 Å². The van der Waals surface area contributed by atoms with Crippen LogP contribution in [0, 0.1) is 0 Å². The van der Waals surface area contributed by atoms with Crippen molar-refractivity contribution < 1.29 is 23.0 Å². The van der Waals surface area contributed by atoms with Crippen molar-refractivity contribution in [3.8, 4) is 5.75 Å². The van der Waals surface area contributed by atoms with Crippen LogP contribution in [0.3, 0.4) is 0 Å². The number of alkyl halides is 3. The molecule has 1 aromatic heterocycles. The van der Waals surface area contributed by atoms with Crippen LogP contribution in [0.4, 0.5) is 13.2 Å². The van der Waals surface area contributed by atoms with E-state index in [4.69, 9.17) is 12.6 Å².